The van der Waals surface area contributed by atoms with Crippen molar-refractivity contribution in [2.45, 2.75) is 296 Å². The zero-order valence-electron chi connectivity index (χ0n) is 40.8. The van der Waals surface area contributed by atoms with Gasteiger partial charge in [0.05, 0.1) is 25.2 Å². The molecule has 0 heterocycles. The molecule has 3 N–H and O–H groups in total. The van der Waals surface area contributed by atoms with Gasteiger partial charge >= 0.3 is 5.97 Å². The van der Waals surface area contributed by atoms with Crippen LogP contribution in [0, 0.1) is 0 Å². The van der Waals surface area contributed by atoms with Crippen LogP contribution in [0.3, 0.4) is 0 Å². The molecule has 3 atom stereocenters. The standard InChI is InChI=1S/C55H103NO5/c1-4-7-10-13-16-19-22-24-26-27-29-31-33-36-39-42-45-48-55(60)61-51(46-43-40-37-34-32-30-28-25-23-20-17-14-11-8-5-2)49-54(59)56-52(50-57)53(58)47-44-41-38-35-21-18-15-12-9-6-3/h17,20,25,28,32,34,51-53,57-58H,4-16,18-19,21-24,26-27,29-31,33,35-50H2,1-3H3,(H,56,59)/b20-17-,28-25-,34-32-. The molecule has 0 bridgehead atoms. The van der Waals surface area contributed by atoms with Crippen molar-refractivity contribution in [1.29, 1.82) is 0 Å². The first-order chi connectivity index (χ1) is 30.0. The summed E-state index contributed by atoms with van der Waals surface area (Å²) in [5.74, 6) is -0.500. The Morgan fingerprint density at radius 1 is 0.475 bits per heavy atom. The van der Waals surface area contributed by atoms with Gasteiger partial charge in [-0.1, -0.05) is 237 Å². The Morgan fingerprint density at radius 2 is 0.836 bits per heavy atom. The number of carbonyl (C=O) groups is 2. The van der Waals surface area contributed by atoms with Crippen molar-refractivity contribution in [3.8, 4) is 0 Å². The van der Waals surface area contributed by atoms with Gasteiger partial charge in [-0.25, -0.2) is 0 Å². The molecule has 1 amide bonds. The summed E-state index contributed by atoms with van der Waals surface area (Å²) in [6.45, 7) is 6.45. The Morgan fingerprint density at radius 3 is 1.28 bits per heavy atom. The number of rotatable bonds is 48. The van der Waals surface area contributed by atoms with Crippen LogP contribution in [0.15, 0.2) is 36.5 Å². The summed E-state index contributed by atoms with van der Waals surface area (Å²) in [5.41, 5.74) is 0. The van der Waals surface area contributed by atoms with Crippen LogP contribution in [0.5, 0.6) is 0 Å². The van der Waals surface area contributed by atoms with Gasteiger partial charge in [0.1, 0.15) is 6.10 Å². The summed E-state index contributed by atoms with van der Waals surface area (Å²) < 4.78 is 5.93. The van der Waals surface area contributed by atoms with E-state index in [1.165, 1.54) is 161 Å². The van der Waals surface area contributed by atoms with Crippen LogP contribution < -0.4 is 5.32 Å². The lowest BCUT2D eigenvalue weighted by Crippen LogP contribution is -2.46. The molecule has 0 aliphatic heterocycles. The number of amides is 1. The molecule has 358 valence electrons. The van der Waals surface area contributed by atoms with Crippen molar-refractivity contribution >= 4 is 11.9 Å². The number of unbranched alkanes of at least 4 members (excludes halogenated alkanes) is 30. The monoisotopic (exact) mass is 858 g/mol. The van der Waals surface area contributed by atoms with Crippen LogP contribution in [-0.2, 0) is 14.3 Å². The molecule has 0 aromatic carbocycles. The lowest BCUT2D eigenvalue weighted by atomic mass is 10.0. The fraction of sp³-hybridized carbons (Fsp3) is 0.855. The zero-order chi connectivity index (χ0) is 44.5. The predicted molar refractivity (Wildman–Crippen MR) is 264 cm³/mol. The van der Waals surface area contributed by atoms with Crippen LogP contribution in [-0.4, -0.2) is 46.9 Å². The van der Waals surface area contributed by atoms with Gasteiger partial charge in [0.2, 0.25) is 5.91 Å². The molecule has 0 saturated carbocycles. The van der Waals surface area contributed by atoms with Gasteiger partial charge in [-0.2, -0.15) is 0 Å². The molecule has 0 aromatic rings. The number of allylic oxidation sites excluding steroid dienone is 6. The molecule has 0 aromatic heterocycles. The summed E-state index contributed by atoms with van der Waals surface area (Å²) in [7, 11) is 0. The molecule has 3 unspecified atom stereocenters. The van der Waals surface area contributed by atoms with Crippen molar-refractivity contribution in [1.82, 2.24) is 5.32 Å². The normalized spacial score (nSPS) is 13.5. The fourth-order valence-corrected chi connectivity index (χ4v) is 8.14. The summed E-state index contributed by atoms with van der Waals surface area (Å²) in [6, 6.07) is -0.710. The average Bonchev–Trinajstić information content (AvgIpc) is 3.25. The topological polar surface area (TPSA) is 95.9 Å². The van der Waals surface area contributed by atoms with Crippen molar-refractivity contribution < 1.29 is 24.5 Å². The molecular formula is C55H103NO5. The number of esters is 1. The number of hydrogen-bond donors (Lipinski definition) is 3. The maximum absolute atomic E-state index is 13.2. The highest BCUT2D eigenvalue weighted by Crippen LogP contribution is 2.18. The van der Waals surface area contributed by atoms with Crippen LogP contribution in [0.4, 0.5) is 0 Å². The number of nitrogens with one attached hydrogen (secondary N) is 1. The van der Waals surface area contributed by atoms with E-state index in [1.807, 2.05) is 0 Å². The lowest BCUT2D eigenvalue weighted by molar-refractivity contribution is -0.151. The van der Waals surface area contributed by atoms with Crippen LogP contribution in [0.25, 0.3) is 0 Å². The maximum Gasteiger partial charge on any atom is 0.306 e. The largest absolute Gasteiger partial charge is 0.462 e. The van der Waals surface area contributed by atoms with Gasteiger partial charge in [-0.15, -0.1) is 0 Å². The van der Waals surface area contributed by atoms with Gasteiger partial charge in [-0.05, 0) is 64.2 Å². The molecule has 0 spiro atoms. The summed E-state index contributed by atoms with van der Waals surface area (Å²) in [4.78, 5) is 26.1. The number of aliphatic hydroxyl groups excluding tert-OH is 2. The van der Waals surface area contributed by atoms with E-state index in [2.05, 4.69) is 62.5 Å². The minimum atomic E-state index is -0.794. The number of ether oxygens (including phenoxy) is 1. The Bertz CT molecular complexity index is 1010. The van der Waals surface area contributed by atoms with E-state index in [1.54, 1.807) is 0 Å². The Labute approximate surface area is 379 Å². The van der Waals surface area contributed by atoms with E-state index in [-0.39, 0.29) is 24.9 Å². The van der Waals surface area contributed by atoms with Crippen molar-refractivity contribution in [2.24, 2.45) is 0 Å². The van der Waals surface area contributed by atoms with E-state index in [0.717, 1.165) is 70.6 Å². The molecule has 0 rings (SSSR count). The summed E-state index contributed by atoms with van der Waals surface area (Å²) in [6.07, 6.45) is 57.8. The first-order valence-corrected chi connectivity index (χ1v) is 26.7. The fourth-order valence-electron chi connectivity index (χ4n) is 8.14. The van der Waals surface area contributed by atoms with E-state index in [9.17, 15) is 19.8 Å². The highest BCUT2D eigenvalue weighted by atomic mass is 16.5. The highest BCUT2D eigenvalue weighted by Gasteiger charge is 2.24. The first-order valence-electron chi connectivity index (χ1n) is 26.7. The molecule has 0 aliphatic rings. The molecule has 0 fully saturated rings. The van der Waals surface area contributed by atoms with E-state index in [4.69, 9.17) is 4.74 Å². The zero-order valence-corrected chi connectivity index (χ0v) is 40.8. The van der Waals surface area contributed by atoms with E-state index >= 15 is 0 Å². The number of carbonyl (C=O) groups excluding carboxylic acids is 2. The van der Waals surface area contributed by atoms with Crippen LogP contribution >= 0.6 is 0 Å². The van der Waals surface area contributed by atoms with Crippen LogP contribution in [0.2, 0.25) is 0 Å². The quantitative estimate of drug-likeness (QED) is 0.0322. The van der Waals surface area contributed by atoms with Gasteiger partial charge in [0, 0.05) is 6.42 Å². The third kappa shape index (κ3) is 44.5. The number of aliphatic hydroxyl groups is 2. The van der Waals surface area contributed by atoms with Gasteiger partial charge in [0.25, 0.3) is 0 Å². The highest BCUT2D eigenvalue weighted by molar-refractivity contribution is 5.77. The Balaban J connectivity index is 4.59. The molecule has 6 heteroatoms. The van der Waals surface area contributed by atoms with Gasteiger partial charge in [-0.3, -0.25) is 9.59 Å². The van der Waals surface area contributed by atoms with E-state index in [0.29, 0.717) is 19.3 Å². The number of hydrogen-bond acceptors (Lipinski definition) is 5. The second-order valence-corrected chi connectivity index (χ2v) is 18.3. The molecule has 0 saturated heterocycles. The Kier molecular flexibility index (Phi) is 47.6. The lowest BCUT2D eigenvalue weighted by Gasteiger charge is -2.24. The Hall–Kier alpha value is -1.92. The minimum absolute atomic E-state index is 0.0555. The average molecular weight is 858 g/mol. The minimum Gasteiger partial charge on any atom is -0.462 e. The SMILES string of the molecule is CCCCC/C=C\C/C=C\C/C=C\CCCCC(CC(=O)NC(CO)C(O)CCCCCCCCCCCC)OC(=O)CCCCCCCCCCCCCCCCCCC. The molecule has 0 radical (unpaired) electrons. The predicted octanol–water partition coefficient (Wildman–Crippen LogP) is 16.1. The summed E-state index contributed by atoms with van der Waals surface area (Å²) >= 11 is 0. The van der Waals surface area contributed by atoms with Crippen molar-refractivity contribution in [2.75, 3.05) is 6.61 Å². The third-order valence-corrected chi connectivity index (χ3v) is 12.2. The van der Waals surface area contributed by atoms with Crippen molar-refractivity contribution in [3.05, 3.63) is 36.5 Å². The third-order valence-electron chi connectivity index (χ3n) is 12.2. The maximum atomic E-state index is 13.2. The molecule has 61 heavy (non-hydrogen) atoms. The molecular weight excluding hydrogens is 755 g/mol. The second kappa shape index (κ2) is 49.1. The smallest absolute Gasteiger partial charge is 0.306 e. The van der Waals surface area contributed by atoms with Crippen LogP contribution in [0.1, 0.15) is 278 Å². The van der Waals surface area contributed by atoms with E-state index < -0.39 is 18.2 Å². The first kappa shape index (κ1) is 59.1. The second-order valence-electron chi connectivity index (χ2n) is 18.3. The van der Waals surface area contributed by atoms with Gasteiger partial charge < -0.3 is 20.3 Å². The van der Waals surface area contributed by atoms with Gasteiger partial charge in [0.15, 0.2) is 0 Å². The molecule has 0 aliphatic carbocycles. The molecule has 6 nitrogen and oxygen atoms in total. The summed E-state index contributed by atoms with van der Waals surface area (Å²) in [5, 5.41) is 23.7. The van der Waals surface area contributed by atoms with Crippen molar-refractivity contribution in [3.63, 3.8) is 0 Å².